The van der Waals surface area contributed by atoms with Gasteiger partial charge >= 0.3 is 0 Å². The van der Waals surface area contributed by atoms with Crippen molar-refractivity contribution in [2.75, 3.05) is 18.5 Å². The van der Waals surface area contributed by atoms with Crippen LogP contribution in [0.25, 0.3) is 0 Å². The quantitative estimate of drug-likeness (QED) is 0.713. The Balaban J connectivity index is 2.99. The number of nitrogens with one attached hydrogen (secondary N) is 1. The van der Waals surface area contributed by atoms with Crippen LogP contribution in [0.4, 0.5) is 5.69 Å². The monoisotopic (exact) mass is 319 g/mol. The number of rotatable bonds is 6. The maximum atomic E-state index is 11.9. The highest BCUT2D eigenvalue weighted by molar-refractivity contribution is 9.10. The van der Waals surface area contributed by atoms with E-state index in [0.717, 1.165) is 0 Å². The molecule has 0 aliphatic rings. The normalized spacial score (nSPS) is 11.6. The lowest BCUT2D eigenvalue weighted by molar-refractivity contribution is 0.260. The van der Waals surface area contributed by atoms with E-state index in [0.29, 0.717) is 16.6 Å². The Labute approximate surface area is 114 Å². The van der Waals surface area contributed by atoms with E-state index in [9.17, 15) is 4.79 Å². The summed E-state index contributed by atoms with van der Waals surface area (Å²) in [5.41, 5.74) is -0.0596. The van der Waals surface area contributed by atoms with Gasteiger partial charge in [0.05, 0.1) is 25.0 Å². The van der Waals surface area contributed by atoms with Crippen molar-refractivity contribution in [3.8, 4) is 0 Å². The maximum absolute atomic E-state index is 11.9. The molecular weight excluding hydrogens is 302 g/mol. The van der Waals surface area contributed by atoms with E-state index in [1.807, 2.05) is 13.8 Å². The maximum Gasteiger partial charge on any atom is 0.283 e. The molecule has 1 aromatic heterocycles. The largest absolute Gasteiger partial charge is 0.396 e. The summed E-state index contributed by atoms with van der Waals surface area (Å²) < 4.78 is 1.56. The second kappa shape index (κ2) is 6.31. The molecule has 0 amide bonds. The Morgan fingerprint density at radius 2 is 2.11 bits per heavy atom. The molecule has 0 aliphatic heterocycles. The van der Waals surface area contributed by atoms with Gasteiger partial charge in [0.15, 0.2) is 0 Å². The number of anilines is 1. The van der Waals surface area contributed by atoms with Crippen LogP contribution in [-0.4, -0.2) is 38.7 Å². The highest BCUT2D eigenvalue weighted by Gasteiger charge is 2.19. The second-order valence-electron chi connectivity index (χ2n) is 4.61. The van der Waals surface area contributed by atoms with Crippen LogP contribution in [0.2, 0.25) is 0 Å². The molecule has 6 nitrogen and oxygen atoms in total. The zero-order valence-electron chi connectivity index (χ0n) is 10.5. The molecule has 0 atom stereocenters. The Bertz CT molecular complexity index is 459. The van der Waals surface area contributed by atoms with Gasteiger partial charge in [-0.1, -0.05) is 0 Å². The van der Waals surface area contributed by atoms with Gasteiger partial charge in [0.25, 0.3) is 5.56 Å². The smallest absolute Gasteiger partial charge is 0.283 e. The Morgan fingerprint density at radius 3 is 2.67 bits per heavy atom. The molecule has 0 radical (unpaired) electrons. The summed E-state index contributed by atoms with van der Waals surface area (Å²) in [6.07, 6.45) is 2.08. The van der Waals surface area contributed by atoms with E-state index in [2.05, 4.69) is 26.3 Å². The molecule has 1 heterocycles. The van der Waals surface area contributed by atoms with Crippen LogP contribution in [0.5, 0.6) is 0 Å². The fraction of sp³-hybridized carbons (Fsp3) is 0.636. The molecule has 0 fully saturated rings. The number of hydrogen-bond acceptors (Lipinski definition) is 5. The molecule has 1 rings (SSSR count). The van der Waals surface area contributed by atoms with Gasteiger partial charge in [-0.3, -0.25) is 4.79 Å². The number of nitrogens with zero attached hydrogens (tertiary/aromatic N) is 2. The molecule has 0 bridgehead atoms. The topological polar surface area (TPSA) is 87.4 Å². The van der Waals surface area contributed by atoms with Crippen LogP contribution >= 0.6 is 15.9 Å². The van der Waals surface area contributed by atoms with Crippen molar-refractivity contribution in [3.05, 3.63) is 21.0 Å². The number of hydrogen-bond donors (Lipinski definition) is 3. The van der Waals surface area contributed by atoms with E-state index in [4.69, 9.17) is 10.2 Å². The van der Waals surface area contributed by atoms with Crippen LogP contribution in [0.15, 0.2) is 15.5 Å². The van der Waals surface area contributed by atoms with Crippen molar-refractivity contribution in [3.63, 3.8) is 0 Å². The molecule has 0 spiro atoms. The van der Waals surface area contributed by atoms with Crippen LogP contribution in [0.1, 0.15) is 20.3 Å². The summed E-state index contributed by atoms with van der Waals surface area (Å²) in [6.45, 7) is 3.94. The van der Waals surface area contributed by atoms with Crippen molar-refractivity contribution < 1.29 is 10.2 Å². The summed E-state index contributed by atoms with van der Waals surface area (Å²) in [7, 11) is 0. The number of halogens is 1. The minimum absolute atomic E-state index is 0.0621. The molecule has 0 saturated heterocycles. The van der Waals surface area contributed by atoms with E-state index in [1.165, 1.54) is 10.9 Å². The fourth-order valence-electron chi connectivity index (χ4n) is 1.51. The molecular formula is C11H18BrN3O3. The van der Waals surface area contributed by atoms with E-state index in [1.54, 1.807) is 0 Å². The first kappa shape index (κ1) is 15.1. The van der Waals surface area contributed by atoms with Crippen LogP contribution in [-0.2, 0) is 6.54 Å². The number of aliphatic hydroxyl groups excluding tert-OH is 2. The predicted octanol–water partition coefficient (Wildman–Crippen LogP) is 0.571. The van der Waals surface area contributed by atoms with Crippen molar-refractivity contribution in [2.45, 2.75) is 32.4 Å². The van der Waals surface area contributed by atoms with E-state index in [-0.39, 0.29) is 30.9 Å². The molecule has 1 aromatic rings. The molecule has 102 valence electrons. The van der Waals surface area contributed by atoms with Crippen LogP contribution in [0, 0.1) is 0 Å². The minimum Gasteiger partial charge on any atom is -0.396 e. The van der Waals surface area contributed by atoms with Gasteiger partial charge in [-0.15, -0.1) is 0 Å². The fourth-order valence-corrected chi connectivity index (χ4v) is 1.92. The lowest BCUT2D eigenvalue weighted by Gasteiger charge is -2.27. The van der Waals surface area contributed by atoms with Crippen molar-refractivity contribution in [1.82, 2.24) is 9.78 Å². The Hall–Kier alpha value is -0.920. The standard InChI is InChI=1S/C11H18BrN3O3/c1-11(2,3-5-16)14-8-7-13-15(4-6-17)10(18)9(8)12/h7,14,16-17H,3-6H2,1-2H3. The Morgan fingerprint density at radius 1 is 1.44 bits per heavy atom. The summed E-state index contributed by atoms with van der Waals surface area (Å²) in [6, 6.07) is 0. The summed E-state index contributed by atoms with van der Waals surface area (Å²) in [4.78, 5) is 11.9. The average molecular weight is 320 g/mol. The third-order valence-corrected chi connectivity index (χ3v) is 3.27. The zero-order valence-corrected chi connectivity index (χ0v) is 12.1. The summed E-state index contributed by atoms with van der Waals surface area (Å²) in [5, 5.41) is 24.9. The van der Waals surface area contributed by atoms with Gasteiger partial charge < -0.3 is 15.5 Å². The third kappa shape index (κ3) is 3.79. The molecule has 7 heteroatoms. The van der Waals surface area contributed by atoms with Gasteiger partial charge in [0.1, 0.15) is 4.47 Å². The molecule has 0 aliphatic carbocycles. The van der Waals surface area contributed by atoms with E-state index < -0.39 is 0 Å². The summed E-state index contributed by atoms with van der Waals surface area (Å²) in [5.74, 6) is 0. The lowest BCUT2D eigenvalue weighted by Crippen LogP contribution is -2.34. The van der Waals surface area contributed by atoms with Gasteiger partial charge in [-0.25, -0.2) is 4.68 Å². The molecule has 0 aromatic carbocycles. The number of aromatic nitrogens is 2. The first-order chi connectivity index (χ1) is 8.41. The second-order valence-corrected chi connectivity index (χ2v) is 5.40. The molecule has 3 N–H and O–H groups in total. The van der Waals surface area contributed by atoms with E-state index >= 15 is 0 Å². The highest BCUT2D eigenvalue weighted by Crippen LogP contribution is 2.22. The summed E-state index contributed by atoms with van der Waals surface area (Å²) >= 11 is 3.22. The molecule has 0 unspecified atom stereocenters. The lowest BCUT2D eigenvalue weighted by atomic mass is 10.0. The van der Waals surface area contributed by atoms with Gasteiger partial charge in [0, 0.05) is 12.1 Å². The molecule has 0 saturated carbocycles. The first-order valence-electron chi connectivity index (χ1n) is 5.67. The number of aliphatic hydroxyl groups is 2. The van der Waals surface area contributed by atoms with Crippen molar-refractivity contribution in [2.24, 2.45) is 0 Å². The molecule has 18 heavy (non-hydrogen) atoms. The zero-order chi connectivity index (χ0) is 13.8. The van der Waals surface area contributed by atoms with Crippen molar-refractivity contribution >= 4 is 21.6 Å². The highest BCUT2D eigenvalue weighted by atomic mass is 79.9. The van der Waals surface area contributed by atoms with Gasteiger partial charge in [0.2, 0.25) is 0 Å². The predicted molar refractivity (Wildman–Crippen MR) is 72.7 cm³/mol. The van der Waals surface area contributed by atoms with Gasteiger partial charge in [-0.2, -0.15) is 5.10 Å². The van der Waals surface area contributed by atoms with Gasteiger partial charge in [-0.05, 0) is 36.2 Å². The average Bonchev–Trinajstić information content (AvgIpc) is 2.29. The minimum atomic E-state index is -0.339. The Kier molecular flexibility index (Phi) is 5.30. The van der Waals surface area contributed by atoms with Crippen LogP contribution in [0.3, 0.4) is 0 Å². The first-order valence-corrected chi connectivity index (χ1v) is 6.46. The van der Waals surface area contributed by atoms with Crippen LogP contribution < -0.4 is 10.9 Å². The van der Waals surface area contributed by atoms with Crippen molar-refractivity contribution in [1.29, 1.82) is 0 Å². The third-order valence-electron chi connectivity index (χ3n) is 2.51. The SMILES string of the molecule is CC(C)(CCO)Nc1cnn(CCO)c(=O)c1Br.